The fourth-order valence-corrected chi connectivity index (χ4v) is 4.29. The summed E-state index contributed by atoms with van der Waals surface area (Å²) in [5.41, 5.74) is 2.51. The van der Waals surface area contributed by atoms with Gasteiger partial charge in [0.25, 0.3) is 0 Å². The Hall–Kier alpha value is -1.11. The summed E-state index contributed by atoms with van der Waals surface area (Å²) in [5, 5.41) is -0.288. The Labute approximate surface area is 126 Å². The normalized spacial score (nSPS) is 22.8. The van der Waals surface area contributed by atoms with Crippen LogP contribution in [0.1, 0.15) is 24.0 Å². The van der Waals surface area contributed by atoms with Crippen molar-refractivity contribution in [3.8, 4) is 5.75 Å². The summed E-state index contributed by atoms with van der Waals surface area (Å²) in [7, 11) is -1.66. The van der Waals surface area contributed by atoms with Crippen molar-refractivity contribution >= 4 is 10.0 Å². The lowest BCUT2D eigenvalue weighted by molar-refractivity contribution is 0.287. The summed E-state index contributed by atoms with van der Waals surface area (Å²) >= 11 is 0. The largest absolute Gasteiger partial charge is 0.493 e. The van der Waals surface area contributed by atoms with Crippen LogP contribution in [0.15, 0.2) is 18.2 Å². The second kappa shape index (κ2) is 5.94. The van der Waals surface area contributed by atoms with Crippen molar-refractivity contribution in [1.29, 1.82) is 0 Å². The van der Waals surface area contributed by atoms with Crippen molar-refractivity contribution in [2.24, 2.45) is 0 Å². The molecule has 1 saturated heterocycles. The Morgan fingerprint density at radius 1 is 1.43 bits per heavy atom. The molecule has 5 nitrogen and oxygen atoms in total. The lowest BCUT2D eigenvalue weighted by Gasteiger charge is -2.20. The summed E-state index contributed by atoms with van der Waals surface area (Å²) in [6.45, 7) is 3.06. The van der Waals surface area contributed by atoms with E-state index in [0.29, 0.717) is 13.0 Å². The molecule has 6 heteroatoms. The predicted octanol–water partition coefficient (Wildman–Crippen LogP) is 1.14. The van der Waals surface area contributed by atoms with Gasteiger partial charge in [0, 0.05) is 13.1 Å². The number of sulfonamides is 1. The molecule has 21 heavy (non-hydrogen) atoms. The lowest BCUT2D eigenvalue weighted by Crippen LogP contribution is -2.34. The van der Waals surface area contributed by atoms with Crippen LogP contribution in [0.5, 0.6) is 5.75 Å². The van der Waals surface area contributed by atoms with Crippen LogP contribution in [-0.2, 0) is 23.0 Å². The predicted molar refractivity (Wildman–Crippen MR) is 81.9 cm³/mol. The fraction of sp³-hybridized carbons (Fsp3) is 0.600. The van der Waals surface area contributed by atoms with Gasteiger partial charge in [-0.3, -0.25) is 4.90 Å². The van der Waals surface area contributed by atoms with E-state index >= 15 is 0 Å². The highest BCUT2D eigenvalue weighted by atomic mass is 32.2. The zero-order valence-electron chi connectivity index (χ0n) is 12.3. The molecule has 1 N–H and O–H groups in total. The van der Waals surface area contributed by atoms with Crippen LogP contribution in [0.4, 0.5) is 0 Å². The van der Waals surface area contributed by atoms with Gasteiger partial charge in [0.1, 0.15) is 5.75 Å². The number of benzene rings is 1. The van der Waals surface area contributed by atoms with E-state index in [2.05, 4.69) is 21.8 Å². The average molecular weight is 310 g/mol. The number of nitrogens with one attached hydrogen (secondary N) is 1. The Balaban J connectivity index is 1.65. The summed E-state index contributed by atoms with van der Waals surface area (Å²) in [6.07, 6.45) is 2.85. The molecule has 0 aliphatic carbocycles. The molecule has 0 saturated carbocycles. The van der Waals surface area contributed by atoms with E-state index in [4.69, 9.17) is 4.74 Å². The SMILES string of the molecule is CNS(=O)(=O)C1CCN(Cc2ccc3c(c2)CCCO3)C1. The van der Waals surface area contributed by atoms with E-state index in [1.807, 2.05) is 6.07 Å². The molecule has 1 atom stereocenters. The molecule has 3 rings (SSSR count). The number of aryl methyl sites for hydroxylation is 1. The van der Waals surface area contributed by atoms with E-state index in [9.17, 15) is 8.42 Å². The Kier molecular flexibility index (Phi) is 4.19. The summed E-state index contributed by atoms with van der Waals surface area (Å²) in [5.74, 6) is 1.00. The average Bonchev–Trinajstić information content (AvgIpc) is 2.96. The van der Waals surface area contributed by atoms with Gasteiger partial charge >= 0.3 is 0 Å². The molecule has 0 amide bonds. The molecule has 116 valence electrons. The van der Waals surface area contributed by atoms with Gasteiger partial charge < -0.3 is 4.74 Å². The van der Waals surface area contributed by atoms with Crippen LogP contribution in [0.25, 0.3) is 0 Å². The van der Waals surface area contributed by atoms with Gasteiger partial charge in [-0.25, -0.2) is 13.1 Å². The second-order valence-corrected chi connectivity index (χ2v) is 7.95. The molecular formula is C15H22N2O3S. The van der Waals surface area contributed by atoms with Crippen LogP contribution in [0, 0.1) is 0 Å². The third kappa shape index (κ3) is 3.22. The number of fused-ring (bicyclic) bond motifs is 1. The minimum absolute atomic E-state index is 0.288. The molecule has 1 aromatic rings. The van der Waals surface area contributed by atoms with E-state index in [0.717, 1.165) is 38.3 Å². The first-order valence-corrected chi connectivity index (χ1v) is 9.02. The maximum Gasteiger partial charge on any atom is 0.215 e. The fourth-order valence-electron chi connectivity index (χ4n) is 3.13. The standard InChI is InChI=1S/C15H22N2O3S/c1-16-21(18,19)14-6-7-17(11-14)10-12-4-5-15-13(9-12)3-2-8-20-15/h4-5,9,14,16H,2-3,6-8,10-11H2,1H3. The number of ether oxygens (including phenoxy) is 1. The van der Waals surface area contributed by atoms with Crippen molar-refractivity contribution < 1.29 is 13.2 Å². The van der Waals surface area contributed by atoms with Gasteiger partial charge in [-0.1, -0.05) is 12.1 Å². The van der Waals surface area contributed by atoms with Crippen LogP contribution < -0.4 is 9.46 Å². The van der Waals surface area contributed by atoms with Crippen LogP contribution in [0.2, 0.25) is 0 Å². The van der Waals surface area contributed by atoms with Crippen molar-refractivity contribution in [2.75, 3.05) is 26.7 Å². The van der Waals surface area contributed by atoms with Crippen molar-refractivity contribution in [3.05, 3.63) is 29.3 Å². The van der Waals surface area contributed by atoms with Crippen LogP contribution in [-0.4, -0.2) is 45.3 Å². The smallest absolute Gasteiger partial charge is 0.215 e. The van der Waals surface area contributed by atoms with Gasteiger partial charge in [-0.05, 0) is 50.0 Å². The lowest BCUT2D eigenvalue weighted by atomic mass is 10.0. The number of hydrogen-bond donors (Lipinski definition) is 1. The number of hydrogen-bond acceptors (Lipinski definition) is 4. The highest BCUT2D eigenvalue weighted by Crippen LogP contribution is 2.27. The highest BCUT2D eigenvalue weighted by Gasteiger charge is 2.31. The van der Waals surface area contributed by atoms with Gasteiger partial charge in [0.2, 0.25) is 10.0 Å². The van der Waals surface area contributed by atoms with Gasteiger partial charge in [0.05, 0.1) is 11.9 Å². The van der Waals surface area contributed by atoms with Crippen LogP contribution in [0.3, 0.4) is 0 Å². The maximum absolute atomic E-state index is 11.8. The zero-order valence-corrected chi connectivity index (χ0v) is 13.2. The molecule has 2 aliphatic heterocycles. The maximum atomic E-state index is 11.8. The van der Waals surface area contributed by atoms with Crippen LogP contribution >= 0.6 is 0 Å². The molecule has 0 bridgehead atoms. The molecular weight excluding hydrogens is 288 g/mol. The first kappa shape index (κ1) is 14.8. The minimum atomic E-state index is -3.15. The van der Waals surface area contributed by atoms with Gasteiger partial charge in [-0.2, -0.15) is 0 Å². The molecule has 0 spiro atoms. The quantitative estimate of drug-likeness (QED) is 0.906. The van der Waals surface area contributed by atoms with E-state index in [1.54, 1.807) is 0 Å². The number of likely N-dealkylation sites (tertiary alicyclic amines) is 1. The molecule has 0 radical (unpaired) electrons. The first-order valence-electron chi connectivity index (χ1n) is 7.48. The first-order chi connectivity index (χ1) is 10.1. The molecule has 1 unspecified atom stereocenters. The zero-order chi connectivity index (χ0) is 14.9. The minimum Gasteiger partial charge on any atom is -0.493 e. The Morgan fingerprint density at radius 3 is 3.10 bits per heavy atom. The molecule has 2 aliphatic rings. The molecule has 1 aromatic carbocycles. The number of rotatable bonds is 4. The van der Waals surface area contributed by atoms with Gasteiger partial charge in [0.15, 0.2) is 0 Å². The third-order valence-electron chi connectivity index (χ3n) is 4.33. The molecule has 2 heterocycles. The van der Waals surface area contributed by atoms with E-state index in [-0.39, 0.29) is 5.25 Å². The van der Waals surface area contributed by atoms with Crippen molar-refractivity contribution in [2.45, 2.75) is 31.1 Å². The molecule has 0 aromatic heterocycles. The van der Waals surface area contributed by atoms with E-state index < -0.39 is 10.0 Å². The second-order valence-electron chi connectivity index (χ2n) is 5.79. The van der Waals surface area contributed by atoms with Crippen molar-refractivity contribution in [1.82, 2.24) is 9.62 Å². The summed E-state index contributed by atoms with van der Waals surface area (Å²) < 4.78 is 31.7. The summed E-state index contributed by atoms with van der Waals surface area (Å²) in [4.78, 5) is 2.21. The Bertz CT molecular complexity index is 615. The highest BCUT2D eigenvalue weighted by molar-refractivity contribution is 7.90. The topological polar surface area (TPSA) is 58.6 Å². The van der Waals surface area contributed by atoms with E-state index in [1.165, 1.54) is 18.2 Å². The third-order valence-corrected chi connectivity index (χ3v) is 6.16. The summed E-state index contributed by atoms with van der Waals surface area (Å²) in [6, 6.07) is 6.33. The Morgan fingerprint density at radius 2 is 2.29 bits per heavy atom. The van der Waals surface area contributed by atoms with Crippen molar-refractivity contribution in [3.63, 3.8) is 0 Å². The van der Waals surface area contributed by atoms with Gasteiger partial charge in [-0.15, -0.1) is 0 Å². The number of nitrogens with zero attached hydrogens (tertiary/aromatic N) is 1. The molecule has 1 fully saturated rings. The monoisotopic (exact) mass is 310 g/mol.